The summed E-state index contributed by atoms with van der Waals surface area (Å²) in [6, 6.07) is 0. The van der Waals surface area contributed by atoms with E-state index in [-0.39, 0.29) is 18.3 Å². The van der Waals surface area contributed by atoms with Crippen molar-refractivity contribution in [1.29, 1.82) is 0 Å². The molecule has 0 aromatic rings. The summed E-state index contributed by atoms with van der Waals surface area (Å²) in [5.41, 5.74) is 0.407. The van der Waals surface area contributed by atoms with E-state index in [1.165, 1.54) is 6.42 Å². The third-order valence-corrected chi connectivity index (χ3v) is 3.99. The van der Waals surface area contributed by atoms with Gasteiger partial charge in [0.25, 0.3) is 0 Å². The van der Waals surface area contributed by atoms with Crippen LogP contribution < -0.4 is 5.32 Å². The lowest BCUT2D eigenvalue weighted by Crippen LogP contribution is -2.56. The van der Waals surface area contributed by atoms with Crippen LogP contribution in [0.4, 0.5) is 0 Å². The van der Waals surface area contributed by atoms with Gasteiger partial charge in [0, 0.05) is 39.3 Å². The van der Waals surface area contributed by atoms with Crippen molar-refractivity contribution in [2.75, 3.05) is 45.8 Å². The Kier molecular flexibility index (Phi) is 6.09. The molecular weight excluding hydrogens is 262 g/mol. The third-order valence-electron chi connectivity index (χ3n) is 3.99. The molecular formula is C14H28ClN3O. The maximum Gasteiger partial charge on any atom is 0.228 e. The average molecular weight is 290 g/mol. The zero-order valence-electron chi connectivity index (χ0n) is 12.4. The van der Waals surface area contributed by atoms with Gasteiger partial charge in [-0.15, -0.1) is 12.4 Å². The van der Waals surface area contributed by atoms with E-state index in [9.17, 15) is 4.79 Å². The number of hydrogen-bond acceptors (Lipinski definition) is 3. The molecule has 2 aliphatic rings. The predicted molar refractivity (Wildman–Crippen MR) is 80.7 cm³/mol. The van der Waals surface area contributed by atoms with E-state index in [1.807, 2.05) is 0 Å². The first-order chi connectivity index (χ1) is 8.46. The van der Waals surface area contributed by atoms with Gasteiger partial charge in [-0.25, -0.2) is 0 Å². The second kappa shape index (κ2) is 6.91. The molecule has 0 spiro atoms. The highest BCUT2D eigenvalue weighted by Crippen LogP contribution is 2.19. The third kappa shape index (κ3) is 4.93. The molecule has 2 aliphatic heterocycles. The lowest BCUT2D eigenvalue weighted by atomic mass is 9.92. The number of amides is 1. The molecule has 5 heteroatoms. The normalized spacial score (nSPS) is 21.7. The van der Waals surface area contributed by atoms with Crippen molar-refractivity contribution in [3.63, 3.8) is 0 Å². The fourth-order valence-electron chi connectivity index (χ4n) is 2.41. The lowest BCUT2D eigenvalue weighted by Gasteiger charge is -2.39. The maximum absolute atomic E-state index is 12.1. The molecule has 0 saturated carbocycles. The molecule has 19 heavy (non-hydrogen) atoms. The van der Waals surface area contributed by atoms with Gasteiger partial charge in [0.2, 0.25) is 5.91 Å². The van der Waals surface area contributed by atoms with Gasteiger partial charge in [-0.2, -0.15) is 0 Å². The smallest absolute Gasteiger partial charge is 0.228 e. The van der Waals surface area contributed by atoms with Crippen LogP contribution in [-0.2, 0) is 4.79 Å². The number of piperazine rings is 1. The zero-order chi connectivity index (χ0) is 13.2. The first-order valence-corrected chi connectivity index (χ1v) is 7.17. The molecule has 2 rings (SSSR count). The Morgan fingerprint density at radius 3 is 2.16 bits per heavy atom. The average Bonchev–Trinajstić information content (AvgIpc) is 2.23. The van der Waals surface area contributed by atoms with Gasteiger partial charge in [0.1, 0.15) is 0 Å². The van der Waals surface area contributed by atoms with Crippen LogP contribution in [0.3, 0.4) is 0 Å². The number of nitrogens with one attached hydrogen (secondary N) is 1. The highest BCUT2D eigenvalue weighted by atomic mass is 35.5. The largest absolute Gasteiger partial charge is 0.340 e. The molecule has 1 N–H and O–H groups in total. The molecule has 2 fully saturated rings. The van der Waals surface area contributed by atoms with Crippen molar-refractivity contribution in [2.45, 2.75) is 27.2 Å². The predicted octanol–water partition coefficient (Wildman–Crippen LogP) is 1.21. The summed E-state index contributed by atoms with van der Waals surface area (Å²) in [5.74, 6) is 0.621. The summed E-state index contributed by atoms with van der Waals surface area (Å²) < 4.78 is 0. The van der Waals surface area contributed by atoms with Crippen molar-refractivity contribution in [3.8, 4) is 0 Å². The van der Waals surface area contributed by atoms with Crippen LogP contribution in [0.1, 0.15) is 27.2 Å². The number of carbonyl (C=O) groups excluding carboxylic acids is 1. The summed E-state index contributed by atoms with van der Waals surface area (Å²) >= 11 is 0. The zero-order valence-corrected chi connectivity index (χ0v) is 13.3. The molecule has 2 saturated heterocycles. The van der Waals surface area contributed by atoms with Crippen LogP contribution in [-0.4, -0.2) is 61.5 Å². The summed E-state index contributed by atoms with van der Waals surface area (Å²) in [5, 5.41) is 3.17. The minimum absolute atomic E-state index is 0. The van der Waals surface area contributed by atoms with Crippen molar-refractivity contribution in [3.05, 3.63) is 0 Å². The topological polar surface area (TPSA) is 35.6 Å². The Morgan fingerprint density at radius 1 is 1.16 bits per heavy atom. The van der Waals surface area contributed by atoms with Crippen molar-refractivity contribution >= 4 is 18.3 Å². The molecule has 112 valence electrons. The van der Waals surface area contributed by atoms with E-state index in [2.05, 4.69) is 35.9 Å². The van der Waals surface area contributed by atoms with Crippen molar-refractivity contribution in [1.82, 2.24) is 15.1 Å². The van der Waals surface area contributed by atoms with Crippen molar-refractivity contribution in [2.24, 2.45) is 11.3 Å². The Hall–Kier alpha value is -0.320. The van der Waals surface area contributed by atoms with E-state index in [1.54, 1.807) is 0 Å². The van der Waals surface area contributed by atoms with Gasteiger partial charge >= 0.3 is 0 Å². The van der Waals surface area contributed by atoms with E-state index in [0.29, 0.717) is 11.3 Å². The summed E-state index contributed by atoms with van der Waals surface area (Å²) in [7, 11) is 0. The van der Waals surface area contributed by atoms with Crippen LogP contribution in [0.5, 0.6) is 0 Å². The van der Waals surface area contributed by atoms with Crippen LogP contribution in [0.25, 0.3) is 0 Å². The maximum atomic E-state index is 12.1. The van der Waals surface area contributed by atoms with Gasteiger partial charge in [0.05, 0.1) is 5.92 Å². The summed E-state index contributed by atoms with van der Waals surface area (Å²) in [4.78, 5) is 16.6. The second-order valence-corrected chi connectivity index (χ2v) is 6.83. The highest BCUT2D eigenvalue weighted by molar-refractivity contribution is 5.85. The van der Waals surface area contributed by atoms with Crippen LogP contribution in [0, 0.1) is 11.3 Å². The molecule has 4 nitrogen and oxygen atoms in total. The Balaban J connectivity index is 0.00000180. The van der Waals surface area contributed by atoms with Gasteiger partial charge in [-0.1, -0.05) is 20.8 Å². The van der Waals surface area contributed by atoms with Crippen LogP contribution >= 0.6 is 12.4 Å². The Labute approximate surface area is 123 Å². The quantitative estimate of drug-likeness (QED) is 0.848. The number of rotatable bonds is 3. The molecule has 0 radical (unpaired) electrons. The van der Waals surface area contributed by atoms with Crippen LogP contribution in [0.15, 0.2) is 0 Å². The monoisotopic (exact) mass is 289 g/mol. The van der Waals surface area contributed by atoms with Gasteiger partial charge < -0.3 is 10.2 Å². The lowest BCUT2D eigenvalue weighted by molar-refractivity contribution is -0.138. The second-order valence-electron chi connectivity index (χ2n) is 6.83. The molecule has 0 unspecified atom stereocenters. The molecule has 0 aromatic heterocycles. The molecule has 1 amide bonds. The molecule has 0 atom stereocenters. The molecule has 0 aromatic carbocycles. The first-order valence-electron chi connectivity index (χ1n) is 7.17. The summed E-state index contributed by atoms with van der Waals surface area (Å²) in [6.07, 6.45) is 1.23. The minimum atomic E-state index is 0. The number of carbonyl (C=O) groups is 1. The first kappa shape index (κ1) is 16.7. The van der Waals surface area contributed by atoms with Gasteiger partial charge in [0.15, 0.2) is 0 Å². The summed E-state index contributed by atoms with van der Waals surface area (Å²) in [6.45, 7) is 13.7. The highest BCUT2D eigenvalue weighted by Gasteiger charge is 2.31. The van der Waals surface area contributed by atoms with Crippen molar-refractivity contribution < 1.29 is 4.79 Å². The van der Waals surface area contributed by atoms with Gasteiger partial charge in [-0.3, -0.25) is 9.69 Å². The van der Waals surface area contributed by atoms with E-state index < -0.39 is 0 Å². The molecule has 0 bridgehead atoms. The van der Waals surface area contributed by atoms with Crippen LogP contribution in [0.2, 0.25) is 0 Å². The number of nitrogens with zero attached hydrogens (tertiary/aromatic N) is 2. The standard InChI is InChI=1S/C14H27N3O.ClH/c1-14(2,3)4-5-16-6-8-17(9-7-16)13(18)12-10-15-11-12;/h12,15H,4-11H2,1-3H3;1H. The Morgan fingerprint density at radius 2 is 1.74 bits per heavy atom. The molecule has 0 aliphatic carbocycles. The Bertz CT molecular complexity index is 292. The fourth-order valence-corrected chi connectivity index (χ4v) is 2.41. The number of hydrogen-bond donors (Lipinski definition) is 1. The number of halogens is 1. The minimum Gasteiger partial charge on any atom is -0.340 e. The van der Waals surface area contributed by atoms with E-state index in [0.717, 1.165) is 45.8 Å². The van der Waals surface area contributed by atoms with E-state index >= 15 is 0 Å². The molecule has 2 heterocycles. The van der Waals surface area contributed by atoms with Gasteiger partial charge in [-0.05, 0) is 18.4 Å². The fraction of sp³-hybridized carbons (Fsp3) is 0.929. The SMILES string of the molecule is CC(C)(C)CCN1CCN(C(=O)C2CNC2)CC1.Cl. The van der Waals surface area contributed by atoms with E-state index in [4.69, 9.17) is 0 Å².